The Bertz CT molecular complexity index is 689. The van der Waals surface area contributed by atoms with Crippen LogP contribution in [0.2, 0.25) is 0 Å². The number of oxazole rings is 1. The highest BCUT2D eigenvalue weighted by atomic mass is 16.4. The molecule has 0 aliphatic heterocycles. The van der Waals surface area contributed by atoms with E-state index in [9.17, 15) is 9.59 Å². The Morgan fingerprint density at radius 1 is 1.27 bits per heavy atom. The van der Waals surface area contributed by atoms with Crippen LogP contribution in [-0.2, 0) is 4.79 Å². The average Bonchev–Trinajstić information content (AvgIpc) is 2.95. The van der Waals surface area contributed by atoms with Crippen LogP contribution < -0.4 is 5.32 Å². The summed E-state index contributed by atoms with van der Waals surface area (Å²) in [5, 5.41) is 11.8. The van der Waals surface area contributed by atoms with E-state index in [4.69, 9.17) is 9.52 Å². The van der Waals surface area contributed by atoms with E-state index in [0.717, 1.165) is 12.0 Å². The van der Waals surface area contributed by atoms with Crippen molar-refractivity contribution in [2.45, 2.75) is 31.2 Å². The lowest BCUT2D eigenvalue weighted by atomic mass is 9.74. The number of aromatic nitrogens is 1. The number of nitrogens with one attached hydrogen (secondary N) is 1. The summed E-state index contributed by atoms with van der Waals surface area (Å²) < 4.78 is 5.33. The molecule has 2 aromatic rings. The van der Waals surface area contributed by atoms with E-state index in [-0.39, 0.29) is 12.1 Å². The summed E-state index contributed by atoms with van der Waals surface area (Å²) >= 11 is 0. The van der Waals surface area contributed by atoms with Gasteiger partial charge in [0.1, 0.15) is 6.26 Å². The minimum atomic E-state index is -0.912. The quantitative estimate of drug-likeness (QED) is 0.885. The van der Waals surface area contributed by atoms with Crippen molar-refractivity contribution in [2.75, 3.05) is 0 Å². The maximum absolute atomic E-state index is 12.3. The highest BCUT2D eigenvalue weighted by Crippen LogP contribution is 2.35. The van der Waals surface area contributed by atoms with Crippen molar-refractivity contribution >= 4 is 11.9 Å². The lowest BCUT2D eigenvalue weighted by Crippen LogP contribution is -2.54. The minimum absolute atomic E-state index is 0.0673. The predicted molar refractivity (Wildman–Crippen MR) is 78.2 cm³/mol. The van der Waals surface area contributed by atoms with E-state index in [1.54, 1.807) is 0 Å². The van der Waals surface area contributed by atoms with Crippen LogP contribution in [0.3, 0.4) is 0 Å². The second-order valence-electron chi connectivity index (χ2n) is 5.56. The van der Waals surface area contributed by atoms with Crippen molar-refractivity contribution < 1.29 is 19.1 Å². The van der Waals surface area contributed by atoms with Gasteiger partial charge >= 0.3 is 5.97 Å². The summed E-state index contributed by atoms with van der Waals surface area (Å²) in [6.07, 6.45) is 3.50. The lowest BCUT2D eigenvalue weighted by molar-refractivity contribution is -0.139. The zero-order valence-electron chi connectivity index (χ0n) is 11.9. The van der Waals surface area contributed by atoms with Crippen molar-refractivity contribution in [2.24, 2.45) is 0 Å². The molecule has 0 atom stereocenters. The fraction of sp³-hybridized carbons (Fsp3) is 0.312. The van der Waals surface area contributed by atoms with Gasteiger partial charge in [0.2, 0.25) is 5.89 Å². The SMILES string of the molecule is O=C(O)CC1(NC(=O)c2coc(-c3ccccc3)n2)CCC1. The van der Waals surface area contributed by atoms with Crippen LogP contribution in [0.5, 0.6) is 0 Å². The standard InChI is InChI=1S/C16H16N2O4/c19-13(20)9-16(7-4-8-16)18-14(21)12-10-22-15(17-12)11-5-2-1-3-6-11/h1-3,5-6,10H,4,7-9H2,(H,18,21)(H,19,20). The maximum Gasteiger partial charge on any atom is 0.305 e. The van der Waals surface area contributed by atoms with Crippen molar-refractivity contribution in [3.8, 4) is 11.5 Å². The molecule has 1 fully saturated rings. The first-order valence-corrected chi connectivity index (χ1v) is 7.13. The average molecular weight is 300 g/mol. The molecule has 114 valence electrons. The Labute approximate surface area is 127 Å². The number of rotatable bonds is 5. The van der Waals surface area contributed by atoms with Gasteiger partial charge in [-0.2, -0.15) is 0 Å². The van der Waals surface area contributed by atoms with Crippen molar-refractivity contribution in [1.82, 2.24) is 10.3 Å². The third kappa shape index (κ3) is 2.86. The number of hydrogen-bond donors (Lipinski definition) is 2. The summed E-state index contributed by atoms with van der Waals surface area (Å²) in [7, 11) is 0. The molecule has 1 heterocycles. The third-order valence-electron chi connectivity index (χ3n) is 3.94. The second kappa shape index (κ2) is 5.63. The van der Waals surface area contributed by atoms with Crippen molar-refractivity contribution in [1.29, 1.82) is 0 Å². The molecule has 1 saturated carbocycles. The van der Waals surface area contributed by atoms with Gasteiger partial charge in [-0.3, -0.25) is 9.59 Å². The first kappa shape index (κ1) is 14.3. The first-order valence-electron chi connectivity index (χ1n) is 7.13. The number of nitrogens with zero attached hydrogens (tertiary/aromatic N) is 1. The molecule has 1 amide bonds. The molecule has 0 spiro atoms. The zero-order chi connectivity index (χ0) is 15.6. The molecule has 2 N–H and O–H groups in total. The molecule has 6 nitrogen and oxygen atoms in total. The monoisotopic (exact) mass is 300 g/mol. The highest BCUT2D eigenvalue weighted by molar-refractivity contribution is 5.93. The fourth-order valence-electron chi connectivity index (χ4n) is 2.64. The van der Waals surface area contributed by atoms with E-state index in [1.165, 1.54) is 6.26 Å². The van der Waals surface area contributed by atoms with E-state index in [2.05, 4.69) is 10.3 Å². The van der Waals surface area contributed by atoms with Crippen LogP contribution in [0.15, 0.2) is 41.0 Å². The number of carboxylic acid groups (broad SMARTS) is 1. The Morgan fingerprint density at radius 2 is 2.00 bits per heavy atom. The van der Waals surface area contributed by atoms with Crippen molar-refractivity contribution in [3.63, 3.8) is 0 Å². The van der Waals surface area contributed by atoms with Crippen LogP contribution in [0.1, 0.15) is 36.2 Å². The first-order chi connectivity index (χ1) is 10.6. The van der Waals surface area contributed by atoms with Crippen LogP contribution in [-0.4, -0.2) is 27.5 Å². The van der Waals surface area contributed by atoms with E-state index in [1.807, 2.05) is 30.3 Å². The van der Waals surface area contributed by atoms with Crippen LogP contribution in [0, 0.1) is 0 Å². The van der Waals surface area contributed by atoms with Crippen LogP contribution >= 0.6 is 0 Å². The topological polar surface area (TPSA) is 92.4 Å². The highest BCUT2D eigenvalue weighted by Gasteiger charge is 2.40. The Balaban J connectivity index is 1.73. The Morgan fingerprint density at radius 3 is 2.59 bits per heavy atom. The number of amides is 1. The maximum atomic E-state index is 12.3. The summed E-state index contributed by atoms with van der Waals surface area (Å²) in [6, 6.07) is 9.27. The van der Waals surface area contributed by atoms with E-state index < -0.39 is 17.4 Å². The molecule has 1 aromatic heterocycles. The minimum Gasteiger partial charge on any atom is -0.481 e. The zero-order valence-corrected chi connectivity index (χ0v) is 11.9. The van der Waals surface area contributed by atoms with Gasteiger partial charge in [0, 0.05) is 5.56 Å². The smallest absolute Gasteiger partial charge is 0.305 e. The molecule has 22 heavy (non-hydrogen) atoms. The number of carboxylic acids is 1. The number of benzene rings is 1. The Kier molecular flexibility index (Phi) is 3.66. The van der Waals surface area contributed by atoms with Crippen LogP contribution in [0.4, 0.5) is 0 Å². The molecule has 0 unspecified atom stereocenters. The molecule has 3 rings (SSSR count). The van der Waals surface area contributed by atoms with Crippen molar-refractivity contribution in [3.05, 3.63) is 42.3 Å². The van der Waals surface area contributed by atoms with Gasteiger partial charge in [-0.15, -0.1) is 0 Å². The molecular formula is C16H16N2O4. The van der Waals surface area contributed by atoms with Gasteiger partial charge < -0.3 is 14.8 Å². The van der Waals surface area contributed by atoms with Gasteiger partial charge in [-0.1, -0.05) is 18.2 Å². The normalized spacial score (nSPS) is 15.8. The summed E-state index contributed by atoms with van der Waals surface area (Å²) in [6.45, 7) is 0. The molecule has 0 saturated heterocycles. The van der Waals surface area contributed by atoms with E-state index >= 15 is 0 Å². The molecule has 1 aliphatic rings. The molecule has 1 aromatic carbocycles. The van der Waals surface area contributed by atoms with Gasteiger partial charge in [0.15, 0.2) is 5.69 Å². The number of hydrogen-bond acceptors (Lipinski definition) is 4. The predicted octanol–water partition coefficient (Wildman–Crippen LogP) is 2.47. The van der Waals surface area contributed by atoms with Gasteiger partial charge in [0.25, 0.3) is 5.91 Å². The Hall–Kier alpha value is -2.63. The van der Waals surface area contributed by atoms with Gasteiger partial charge in [0.05, 0.1) is 12.0 Å². The third-order valence-corrected chi connectivity index (χ3v) is 3.94. The summed E-state index contributed by atoms with van der Waals surface area (Å²) in [4.78, 5) is 27.4. The largest absolute Gasteiger partial charge is 0.481 e. The molecule has 1 aliphatic carbocycles. The van der Waals surface area contributed by atoms with Gasteiger partial charge in [-0.25, -0.2) is 4.98 Å². The van der Waals surface area contributed by atoms with Gasteiger partial charge in [-0.05, 0) is 31.4 Å². The van der Waals surface area contributed by atoms with Crippen LogP contribution in [0.25, 0.3) is 11.5 Å². The molecule has 0 radical (unpaired) electrons. The van der Waals surface area contributed by atoms with E-state index in [0.29, 0.717) is 18.7 Å². The molecule has 0 bridgehead atoms. The summed E-state index contributed by atoms with van der Waals surface area (Å²) in [5.74, 6) is -0.941. The lowest BCUT2D eigenvalue weighted by Gasteiger charge is -2.41. The molecular weight excluding hydrogens is 284 g/mol. The fourth-order valence-corrected chi connectivity index (χ4v) is 2.64. The number of carbonyl (C=O) groups excluding carboxylic acids is 1. The second-order valence-corrected chi connectivity index (χ2v) is 5.56. The number of carbonyl (C=O) groups is 2. The number of aliphatic carboxylic acids is 1. The summed E-state index contributed by atoms with van der Waals surface area (Å²) in [5.41, 5.74) is 0.301. The molecule has 6 heteroatoms.